The van der Waals surface area contributed by atoms with Crippen molar-refractivity contribution >= 4 is 17.2 Å². The number of nitrogens with one attached hydrogen (secondary N) is 1. The molecule has 1 fully saturated rings. The normalized spacial score (nSPS) is 17.8. The van der Waals surface area contributed by atoms with Gasteiger partial charge in [-0.1, -0.05) is 42.5 Å². The first-order chi connectivity index (χ1) is 15.1. The number of nitrogens with zero attached hydrogens (tertiary/aromatic N) is 2. The number of aromatic nitrogens is 1. The van der Waals surface area contributed by atoms with Crippen LogP contribution < -0.4 is 10.1 Å². The molecule has 1 aliphatic rings. The summed E-state index contributed by atoms with van der Waals surface area (Å²) in [6, 6.07) is 16.9. The highest BCUT2D eigenvalue weighted by Crippen LogP contribution is 2.32. The van der Waals surface area contributed by atoms with E-state index in [-0.39, 0.29) is 11.9 Å². The van der Waals surface area contributed by atoms with Gasteiger partial charge in [0.1, 0.15) is 10.8 Å². The minimum Gasteiger partial charge on any atom is -0.496 e. The molecule has 2 heterocycles. The number of rotatable bonds is 7. The molecule has 0 bridgehead atoms. The molecule has 6 heteroatoms. The van der Waals surface area contributed by atoms with Gasteiger partial charge in [-0.25, -0.2) is 4.98 Å². The summed E-state index contributed by atoms with van der Waals surface area (Å²) in [6.07, 6.45) is 4.05. The predicted octanol–water partition coefficient (Wildman–Crippen LogP) is 4.91. The van der Waals surface area contributed by atoms with E-state index in [0.717, 1.165) is 54.4 Å². The van der Waals surface area contributed by atoms with Gasteiger partial charge in [-0.3, -0.25) is 9.69 Å². The molecule has 4 rings (SSSR count). The Morgan fingerprint density at radius 2 is 2.06 bits per heavy atom. The van der Waals surface area contributed by atoms with Crippen LogP contribution in [0.25, 0.3) is 11.1 Å². The second kappa shape index (κ2) is 10.1. The molecule has 0 aliphatic carbocycles. The molecule has 2 atom stereocenters. The van der Waals surface area contributed by atoms with Crippen molar-refractivity contribution in [3.05, 3.63) is 70.7 Å². The summed E-state index contributed by atoms with van der Waals surface area (Å²) in [5, 5.41) is 6.13. The maximum absolute atomic E-state index is 11.8. The highest BCUT2D eigenvalue weighted by atomic mass is 32.1. The first-order valence-corrected chi connectivity index (χ1v) is 11.6. The van der Waals surface area contributed by atoms with E-state index in [1.165, 1.54) is 5.56 Å². The third-order valence-corrected chi connectivity index (χ3v) is 6.73. The maximum atomic E-state index is 11.8. The maximum Gasteiger partial charge on any atom is 0.217 e. The molecule has 162 valence electrons. The summed E-state index contributed by atoms with van der Waals surface area (Å²) in [4.78, 5) is 18.8. The number of hydrogen-bond donors (Lipinski definition) is 1. The zero-order valence-electron chi connectivity index (χ0n) is 18.1. The Kier molecular flexibility index (Phi) is 6.99. The van der Waals surface area contributed by atoms with E-state index >= 15 is 0 Å². The smallest absolute Gasteiger partial charge is 0.217 e. The van der Waals surface area contributed by atoms with Gasteiger partial charge in [-0.05, 0) is 42.5 Å². The number of carbonyl (C=O) groups excluding carboxylic acids is 1. The Balaban J connectivity index is 1.44. The number of benzene rings is 2. The van der Waals surface area contributed by atoms with E-state index in [4.69, 9.17) is 4.74 Å². The van der Waals surface area contributed by atoms with Crippen molar-refractivity contribution in [3.63, 3.8) is 0 Å². The monoisotopic (exact) mass is 435 g/mol. The van der Waals surface area contributed by atoms with Crippen LogP contribution in [0, 0.1) is 5.92 Å². The van der Waals surface area contributed by atoms with Gasteiger partial charge in [-0.15, -0.1) is 11.3 Å². The fraction of sp³-hybridized carbons (Fsp3) is 0.360. The van der Waals surface area contributed by atoms with E-state index in [9.17, 15) is 4.79 Å². The zero-order chi connectivity index (χ0) is 21.6. The standard InChI is InChI=1S/C25H29N3O2S/c1-18(29)27-24(25-26-13-15-31-25)21-6-5-14-28(17-21)16-19-9-11-20(12-10-19)22-7-3-4-8-23(22)30-2/h3-4,7-13,15,21,24H,5-6,14,16-17H2,1-2H3,(H,27,29)/t21-,24+/m1/s1. The van der Waals surface area contributed by atoms with E-state index in [1.54, 1.807) is 25.4 Å². The van der Waals surface area contributed by atoms with Gasteiger partial charge in [-0.2, -0.15) is 0 Å². The van der Waals surface area contributed by atoms with Crippen molar-refractivity contribution < 1.29 is 9.53 Å². The minimum atomic E-state index is -0.00628. The van der Waals surface area contributed by atoms with E-state index < -0.39 is 0 Å². The number of thiazole rings is 1. The average Bonchev–Trinajstić information content (AvgIpc) is 3.33. The molecule has 0 spiro atoms. The number of amides is 1. The van der Waals surface area contributed by atoms with Crippen molar-refractivity contribution in [2.24, 2.45) is 5.92 Å². The predicted molar refractivity (Wildman–Crippen MR) is 125 cm³/mol. The average molecular weight is 436 g/mol. The molecule has 1 amide bonds. The zero-order valence-corrected chi connectivity index (χ0v) is 18.9. The minimum absolute atomic E-state index is 0.00394. The van der Waals surface area contributed by atoms with Crippen LogP contribution in [0.15, 0.2) is 60.1 Å². The molecule has 1 aliphatic heterocycles. The number of hydrogen-bond acceptors (Lipinski definition) is 5. The lowest BCUT2D eigenvalue weighted by atomic mass is 9.90. The number of likely N-dealkylation sites (tertiary alicyclic amines) is 1. The fourth-order valence-corrected chi connectivity index (χ4v) is 5.21. The number of methoxy groups -OCH3 is 1. The summed E-state index contributed by atoms with van der Waals surface area (Å²) in [6.45, 7) is 4.53. The van der Waals surface area contributed by atoms with Gasteiger partial charge in [0, 0.05) is 37.2 Å². The fourth-order valence-electron chi connectivity index (χ4n) is 4.43. The van der Waals surface area contributed by atoms with Crippen LogP contribution in [-0.4, -0.2) is 36.0 Å². The van der Waals surface area contributed by atoms with Crippen molar-refractivity contribution in [1.29, 1.82) is 0 Å². The van der Waals surface area contributed by atoms with Crippen LogP contribution in [0.5, 0.6) is 5.75 Å². The van der Waals surface area contributed by atoms with Crippen LogP contribution in [0.2, 0.25) is 0 Å². The molecular weight excluding hydrogens is 406 g/mol. The third kappa shape index (κ3) is 5.32. The Hall–Kier alpha value is -2.70. The topological polar surface area (TPSA) is 54.5 Å². The van der Waals surface area contributed by atoms with Crippen molar-refractivity contribution in [2.75, 3.05) is 20.2 Å². The number of para-hydroxylation sites is 1. The van der Waals surface area contributed by atoms with Gasteiger partial charge in [0.2, 0.25) is 5.91 Å². The number of carbonyl (C=O) groups is 1. The molecule has 0 unspecified atom stereocenters. The molecule has 3 aromatic rings. The van der Waals surface area contributed by atoms with E-state index in [2.05, 4.69) is 45.5 Å². The highest BCUT2D eigenvalue weighted by molar-refractivity contribution is 7.09. The summed E-state index contributed by atoms with van der Waals surface area (Å²) < 4.78 is 5.50. The summed E-state index contributed by atoms with van der Waals surface area (Å²) in [7, 11) is 1.71. The molecule has 1 saturated heterocycles. The van der Waals surface area contributed by atoms with Crippen LogP contribution >= 0.6 is 11.3 Å². The molecule has 0 saturated carbocycles. The first kappa shape index (κ1) is 21.5. The molecule has 2 aromatic carbocycles. The number of piperidine rings is 1. The van der Waals surface area contributed by atoms with Crippen LogP contribution in [0.4, 0.5) is 0 Å². The Morgan fingerprint density at radius 1 is 1.26 bits per heavy atom. The summed E-state index contributed by atoms with van der Waals surface area (Å²) in [5.41, 5.74) is 3.56. The molecule has 1 N–H and O–H groups in total. The molecular formula is C25H29N3O2S. The van der Waals surface area contributed by atoms with Gasteiger partial charge in [0.05, 0.1) is 13.2 Å². The van der Waals surface area contributed by atoms with Crippen molar-refractivity contribution in [1.82, 2.24) is 15.2 Å². The molecule has 5 nitrogen and oxygen atoms in total. The van der Waals surface area contributed by atoms with Gasteiger partial charge in [0.15, 0.2) is 0 Å². The van der Waals surface area contributed by atoms with Crippen LogP contribution in [0.1, 0.15) is 36.4 Å². The highest BCUT2D eigenvalue weighted by Gasteiger charge is 2.30. The van der Waals surface area contributed by atoms with E-state index in [0.29, 0.717) is 5.92 Å². The Bertz CT molecular complexity index is 988. The largest absolute Gasteiger partial charge is 0.496 e. The van der Waals surface area contributed by atoms with E-state index in [1.807, 2.05) is 29.8 Å². The third-order valence-electron chi connectivity index (χ3n) is 5.87. The molecule has 31 heavy (non-hydrogen) atoms. The van der Waals surface area contributed by atoms with Gasteiger partial charge in [0.25, 0.3) is 0 Å². The quantitative estimate of drug-likeness (QED) is 0.573. The second-order valence-corrected chi connectivity index (χ2v) is 9.01. The molecule has 1 aromatic heterocycles. The summed E-state index contributed by atoms with van der Waals surface area (Å²) in [5.74, 6) is 1.27. The lowest BCUT2D eigenvalue weighted by Gasteiger charge is -2.36. The second-order valence-electron chi connectivity index (χ2n) is 8.08. The van der Waals surface area contributed by atoms with Crippen LogP contribution in [-0.2, 0) is 11.3 Å². The SMILES string of the molecule is COc1ccccc1-c1ccc(CN2CCC[C@@H]([C@H](NC(C)=O)c3nccs3)C2)cc1. The van der Waals surface area contributed by atoms with Crippen molar-refractivity contribution in [3.8, 4) is 16.9 Å². The Morgan fingerprint density at radius 3 is 2.77 bits per heavy atom. The Labute approximate surface area is 188 Å². The lowest BCUT2D eigenvalue weighted by molar-refractivity contribution is -0.120. The van der Waals surface area contributed by atoms with Crippen LogP contribution in [0.3, 0.4) is 0 Å². The number of ether oxygens (including phenoxy) is 1. The molecule has 0 radical (unpaired) electrons. The summed E-state index contributed by atoms with van der Waals surface area (Å²) >= 11 is 1.62. The lowest BCUT2D eigenvalue weighted by Crippen LogP contribution is -2.42. The van der Waals surface area contributed by atoms with Gasteiger partial charge >= 0.3 is 0 Å². The first-order valence-electron chi connectivity index (χ1n) is 10.7. The van der Waals surface area contributed by atoms with Crippen molar-refractivity contribution in [2.45, 2.75) is 32.4 Å². The van der Waals surface area contributed by atoms with Gasteiger partial charge < -0.3 is 10.1 Å².